The number of nitrogens with one attached hydrogen (secondary N) is 2. The SMILES string of the molecule is CC(C)C[C@H](N[C@@H](c1ccc(-c2ccccc2)cc1)C(F)(F)F)C(=O)N[C@H](C#N)Cc1ccccc1. The van der Waals surface area contributed by atoms with Gasteiger partial charge in [-0.15, -0.1) is 0 Å². The third-order valence-corrected chi connectivity index (χ3v) is 5.82. The molecule has 0 bridgehead atoms. The summed E-state index contributed by atoms with van der Waals surface area (Å²) >= 11 is 0. The van der Waals surface area contributed by atoms with Gasteiger partial charge >= 0.3 is 6.18 Å². The number of carbonyl (C=O) groups is 1. The van der Waals surface area contributed by atoms with Crippen molar-refractivity contribution in [2.24, 2.45) is 5.92 Å². The van der Waals surface area contributed by atoms with E-state index in [1.54, 1.807) is 12.1 Å². The molecular weight excluding hydrogens is 463 g/mol. The Labute approximate surface area is 210 Å². The molecule has 0 aliphatic heterocycles. The summed E-state index contributed by atoms with van der Waals surface area (Å²) in [5, 5.41) is 14.7. The zero-order valence-electron chi connectivity index (χ0n) is 20.3. The highest BCUT2D eigenvalue weighted by Crippen LogP contribution is 2.34. The largest absolute Gasteiger partial charge is 0.407 e. The van der Waals surface area contributed by atoms with E-state index in [9.17, 15) is 23.2 Å². The van der Waals surface area contributed by atoms with E-state index in [2.05, 4.69) is 10.6 Å². The van der Waals surface area contributed by atoms with Gasteiger partial charge in [0.25, 0.3) is 0 Å². The van der Waals surface area contributed by atoms with Crippen molar-refractivity contribution in [1.29, 1.82) is 5.26 Å². The summed E-state index contributed by atoms with van der Waals surface area (Å²) in [4.78, 5) is 13.1. The Kier molecular flexibility index (Phi) is 9.26. The van der Waals surface area contributed by atoms with Crippen LogP contribution in [0.1, 0.15) is 37.4 Å². The molecule has 0 spiro atoms. The summed E-state index contributed by atoms with van der Waals surface area (Å²) in [6.45, 7) is 3.68. The van der Waals surface area contributed by atoms with Crippen LogP contribution in [0.2, 0.25) is 0 Å². The van der Waals surface area contributed by atoms with Crippen LogP contribution in [0.3, 0.4) is 0 Å². The van der Waals surface area contributed by atoms with E-state index in [1.807, 2.05) is 80.6 Å². The molecule has 4 nitrogen and oxygen atoms in total. The Balaban J connectivity index is 1.80. The van der Waals surface area contributed by atoms with Crippen molar-refractivity contribution in [1.82, 2.24) is 10.6 Å². The van der Waals surface area contributed by atoms with Gasteiger partial charge in [-0.3, -0.25) is 10.1 Å². The van der Waals surface area contributed by atoms with Crippen LogP contribution in [0, 0.1) is 17.2 Å². The summed E-state index contributed by atoms with van der Waals surface area (Å²) in [7, 11) is 0. The molecule has 3 aromatic carbocycles. The van der Waals surface area contributed by atoms with Crippen molar-refractivity contribution in [3.8, 4) is 17.2 Å². The smallest absolute Gasteiger partial charge is 0.339 e. The van der Waals surface area contributed by atoms with Crippen LogP contribution in [0.5, 0.6) is 0 Å². The van der Waals surface area contributed by atoms with Gasteiger partial charge in [-0.25, -0.2) is 0 Å². The van der Waals surface area contributed by atoms with Crippen molar-refractivity contribution in [2.45, 2.75) is 51.0 Å². The standard InChI is InChI=1S/C29H30F3N3O/c1-20(2)17-26(28(36)34-25(19-33)18-21-9-5-3-6-10-21)35-27(29(30,31)32)24-15-13-23(14-16-24)22-11-7-4-8-12-22/h3-16,20,25-27,35H,17-18H2,1-2H3,(H,34,36)/t25-,26-,27-/m0/s1. The lowest BCUT2D eigenvalue weighted by Crippen LogP contribution is -2.51. The lowest BCUT2D eigenvalue weighted by Gasteiger charge is -2.29. The lowest BCUT2D eigenvalue weighted by molar-refractivity contribution is -0.161. The number of benzene rings is 3. The van der Waals surface area contributed by atoms with E-state index in [-0.39, 0.29) is 24.3 Å². The van der Waals surface area contributed by atoms with Gasteiger partial charge in [-0.2, -0.15) is 18.4 Å². The van der Waals surface area contributed by atoms with Crippen LogP contribution in [0.25, 0.3) is 11.1 Å². The number of rotatable bonds is 10. The second-order valence-electron chi connectivity index (χ2n) is 9.19. The van der Waals surface area contributed by atoms with Gasteiger partial charge in [-0.1, -0.05) is 98.8 Å². The summed E-state index contributed by atoms with van der Waals surface area (Å²) in [6.07, 6.45) is -4.17. The van der Waals surface area contributed by atoms with E-state index >= 15 is 0 Å². The van der Waals surface area contributed by atoms with Gasteiger partial charge in [0.15, 0.2) is 0 Å². The quantitative estimate of drug-likeness (QED) is 0.353. The number of amides is 1. The average Bonchev–Trinajstić information content (AvgIpc) is 2.86. The predicted molar refractivity (Wildman–Crippen MR) is 135 cm³/mol. The third kappa shape index (κ3) is 7.69. The third-order valence-electron chi connectivity index (χ3n) is 5.82. The lowest BCUT2D eigenvalue weighted by atomic mass is 9.97. The average molecular weight is 494 g/mol. The first-order valence-corrected chi connectivity index (χ1v) is 11.9. The molecule has 2 N–H and O–H groups in total. The van der Waals surface area contributed by atoms with Crippen LogP contribution < -0.4 is 10.6 Å². The predicted octanol–water partition coefficient (Wildman–Crippen LogP) is 6.21. The fourth-order valence-corrected chi connectivity index (χ4v) is 4.05. The minimum atomic E-state index is -4.62. The second kappa shape index (κ2) is 12.4. The maximum atomic E-state index is 14.2. The number of alkyl halides is 3. The van der Waals surface area contributed by atoms with Crippen LogP contribution in [0.15, 0.2) is 84.9 Å². The molecule has 1 amide bonds. The molecule has 3 atom stereocenters. The molecule has 0 aliphatic rings. The zero-order chi connectivity index (χ0) is 26.1. The minimum absolute atomic E-state index is 0.0184. The first-order valence-electron chi connectivity index (χ1n) is 11.9. The number of nitriles is 1. The topological polar surface area (TPSA) is 64.9 Å². The molecule has 188 valence electrons. The summed E-state index contributed by atoms with van der Waals surface area (Å²) in [5.74, 6) is -0.668. The molecular formula is C29H30F3N3O. The molecule has 0 saturated heterocycles. The number of nitrogens with zero attached hydrogens (tertiary/aromatic N) is 1. The molecule has 0 radical (unpaired) electrons. The maximum absolute atomic E-state index is 14.2. The molecule has 0 aliphatic carbocycles. The van der Waals surface area contributed by atoms with Gasteiger partial charge in [0, 0.05) is 6.42 Å². The van der Waals surface area contributed by atoms with E-state index in [0.29, 0.717) is 0 Å². The van der Waals surface area contributed by atoms with E-state index < -0.39 is 30.2 Å². The second-order valence-corrected chi connectivity index (χ2v) is 9.19. The summed E-state index contributed by atoms with van der Waals surface area (Å²) in [5.41, 5.74) is 2.57. The molecule has 0 saturated carbocycles. The van der Waals surface area contributed by atoms with Gasteiger partial charge in [0.05, 0.1) is 12.1 Å². The molecule has 0 heterocycles. The van der Waals surface area contributed by atoms with Crippen molar-refractivity contribution in [3.63, 3.8) is 0 Å². The zero-order valence-corrected chi connectivity index (χ0v) is 20.3. The Morgan fingerprint density at radius 3 is 1.97 bits per heavy atom. The fraction of sp³-hybridized carbons (Fsp3) is 0.310. The Hall–Kier alpha value is -3.63. The Morgan fingerprint density at radius 1 is 0.889 bits per heavy atom. The molecule has 3 rings (SSSR count). The fourth-order valence-electron chi connectivity index (χ4n) is 4.05. The first kappa shape index (κ1) is 27.0. The highest BCUT2D eigenvalue weighted by atomic mass is 19.4. The monoisotopic (exact) mass is 493 g/mol. The molecule has 36 heavy (non-hydrogen) atoms. The van der Waals surface area contributed by atoms with Crippen LogP contribution in [0.4, 0.5) is 13.2 Å². The van der Waals surface area contributed by atoms with Crippen molar-refractivity contribution < 1.29 is 18.0 Å². The van der Waals surface area contributed by atoms with Gasteiger partial charge in [-0.05, 0) is 34.6 Å². The van der Waals surface area contributed by atoms with Gasteiger partial charge in [0.2, 0.25) is 5.91 Å². The van der Waals surface area contributed by atoms with Crippen molar-refractivity contribution in [3.05, 3.63) is 96.1 Å². The van der Waals surface area contributed by atoms with E-state index in [0.717, 1.165) is 16.7 Å². The molecule has 0 unspecified atom stereocenters. The number of hydrogen-bond donors (Lipinski definition) is 2. The van der Waals surface area contributed by atoms with E-state index in [1.165, 1.54) is 12.1 Å². The molecule has 0 fully saturated rings. The summed E-state index contributed by atoms with van der Waals surface area (Å²) in [6, 6.07) is 22.7. The van der Waals surface area contributed by atoms with Crippen LogP contribution in [-0.2, 0) is 11.2 Å². The number of hydrogen-bond acceptors (Lipinski definition) is 3. The first-order chi connectivity index (χ1) is 17.2. The number of halogens is 3. The molecule has 7 heteroatoms. The Morgan fingerprint density at radius 2 is 1.44 bits per heavy atom. The highest BCUT2D eigenvalue weighted by Gasteiger charge is 2.43. The van der Waals surface area contributed by atoms with Crippen LogP contribution in [-0.4, -0.2) is 24.2 Å². The van der Waals surface area contributed by atoms with Gasteiger partial charge in [0.1, 0.15) is 12.1 Å². The minimum Gasteiger partial charge on any atom is -0.339 e. The van der Waals surface area contributed by atoms with Crippen molar-refractivity contribution in [2.75, 3.05) is 0 Å². The highest BCUT2D eigenvalue weighted by molar-refractivity contribution is 5.82. The maximum Gasteiger partial charge on any atom is 0.407 e. The normalized spacial score (nSPS) is 14.0. The Bertz CT molecular complexity index is 1140. The molecule has 3 aromatic rings. The van der Waals surface area contributed by atoms with Crippen molar-refractivity contribution >= 4 is 5.91 Å². The summed E-state index contributed by atoms with van der Waals surface area (Å²) < 4.78 is 42.5. The van der Waals surface area contributed by atoms with E-state index in [4.69, 9.17) is 0 Å². The van der Waals surface area contributed by atoms with Crippen LogP contribution >= 0.6 is 0 Å². The number of carbonyl (C=O) groups excluding carboxylic acids is 1. The van der Waals surface area contributed by atoms with Gasteiger partial charge < -0.3 is 5.32 Å². The molecule has 0 aromatic heterocycles.